The van der Waals surface area contributed by atoms with Crippen molar-refractivity contribution in [3.05, 3.63) is 102 Å². The molecular weight excluding hydrogens is 462 g/mol. The summed E-state index contributed by atoms with van der Waals surface area (Å²) in [5.41, 5.74) is 9.41. The number of benzene rings is 1. The van der Waals surface area contributed by atoms with E-state index in [1.165, 1.54) is 15.8 Å². The standard InChI is InChI=1S/C30H29N5S/c1-6-20(16-21(7-2)31-19(5)18(3)4)24-13-14-26-29(33-24)30(35-34-26)27-17-23-22(28-12-9-15-36-28)10-8-11-25(23)32-27/h6-18,31-32H,2,5H2,1,3-4H3,(H,34,35)/b20-6+,21-16+. The second kappa shape index (κ2) is 9.84. The predicted molar refractivity (Wildman–Crippen MR) is 154 cm³/mol. The van der Waals surface area contributed by atoms with Gasteiger partial charge in [0.2, 0.25) is 0 Å². The van der Waals surface area contributed by atoms with Crippen LogP contribution < -0.4 is 5.32 Å². The molecule has 3 N–H and O–H groups in total. The molecule has 0 unspecified atom stereocenters. The molecule has 180 valence electrons. The van der Waals surface area contributed by atoms with Crippen LogP contribution in [0, 0.1) is 5.92 Å². The minimum atomic E-state index is 0.321. The van der Waals surface area contributed by atoms with Crippen molar-refractivity contribution in [2.45, 2.75) is 20.8 Å². The average molecular weight is 492 g/mol. The van der Waals surface area contributed by atoms with Crippen molar-refractivity contribution in [1.82, 2.24) is 25.5 Å². The zero-order valence-electron chi connectivity index (χ0n) is 20.7. The van der Waals surface area contributed by atoms with Crippen molar-refractivity contribution in [2.75, 3.05) is 0 Å². The van der Waals surface area contributed by atoms with E-state index in [1.54, 1.807) is 17.4 Å². The van der Waals surface area contributed by atoms with Gasteiger partial charge in [-0.2, -0.15) is 5.10 Å². The predicted octanol–water partition coefficient (Wildman–Crippen LogP) is 8.07. The number of nitrogens with zero attached hydrogens (tertiary/aromatic N) is 2. The summed E-state index contributed by atoms with van der Waals surface area (Å²) in [5, 5.41) is 14.4. The Bertz CT molecular complexity index is 1630. The van der Waals surface area contributed by atoms with Crippen LogP contribution in [0.1, 0.15) is 26.5 Å². The van der Waals surface area contributed by atoms with E-state index in [1.807, 2.05) is 31.2 Å². The largest absolute Gasteiger partial charge is 0.359 e. The van der Waals surface area contributed by atoms with E-state index in [0.717, 1.165) is 50.6 Å². The normalized spacial score (nSPS) is 12.6. The van der Waals surface area contributed by atoms with Crippen molar-refractivity contribution in [1.29, 1.82) is 0 Å². The Kier molecular flexibility index (Phi) is 6.44. The summed E-state index contributed by atoms with van der Waals surface area (Å²) >= 11 is 1.74. The summed E-state index contributed by atoms with van der Waals surface area (Å²) in [6.07, 6.45) is 5.90. The maximum atomic E-state index is 5.02. The number of pyridine rings is 1. The Hall–Kier alpha value is -4.16. The minimum absolute atomic E-state index is 0.321. The van der Waals surface area contributed by atoms with Crippen LogP contribution >= 0.6 is 11.3 Å². The second-order valence-corrected chi connectivity index (χ2v) is 9.89. The third kappa shape index (κ3) is 4.43. The highest BCUT2D eigenvalue weighted by Crippen LogP contribution is 2.35. The third-order valence-corrected chi connectivity index (χ3v) is 7.16. The van der Waals surface area contributed by atoms with Crippen LogP contribution in [0.3, 0.4) is 0 Å². The van der Waals surface area contributed by atoms with Gasteiger partial charge in [-0.15, -0.1) is 11.3 Å². The van der Waals surface area contributed by atoms with Crippen molar-refractivity contribution in [3.63, 3.8) is 0 Å². The highest BCUT2D eigenvalue weighted by Gasteiger charge is 2.16. The number of rotatable bonds is 8. The summed E-state index contributed by atoms with van der Waals surface area (Å²) in [7, 11) is 0. The van der Waals surface area contributed by atoms with Gasteiger partial charge in [0.15, 0.2) is 0 Å². The summed E-state index contributed by atoms with van der Waals surface area (Å²) in [6.45, 7) is 14.3. The van der Waals surface area contributed by atoms with Crippen molar-refractivity contribution in [2.24, 2.45) is 5.92 Å². The van der Waals surface area contributed by atoms with E-state index in [4.69, 9.17) is 4.98 Å². The van der Waals surface area contributed by atoms with Gasteiger partial charge in [-0.05, 0) is 66.3 Å². The molecule has 0 aliphatic carbocycles. The van der Waals surface area contributed by atoms with E-state index in [2.05, 4.69) is 89.3 Å². The molecule has 36 heavy (non-hydrogen) atoms. The molecule has 6 heteroatoms. The summed E-state index contributed by atoms with van der Waals surface area (Å²) in [4.78, 5) is 9.81. The first-order chi connectivity index (χ1) is 17.5. The number of nitrogens with one attached hydrogen (secondary N) is 3. The topological polar surface area (TPSA) is 69.4 Å². The SMILES string of the molecule is C=C/C(=C\C(=C/C)c1ccc2[nH]nc(-c3cc4c(-c5cccs5)cccc4[nH]3)c2n1)NC(=C)C(C)C. The van der Waals surface area contributed by atoms with Crippen LogP contribution in [0.15, 0.2) is 96.7 Å². The van der Waals surface area contributed by atoms with Gasteiger partial charge in [-0.1, -0.05) is 51.3 Å². The van der Waals surface area contributed by atoms with Crippen LogP contribution in [-0.4, -0.2) is 20.2 Å². The molecule has 1 aromatic carbocycles. The van der Waals surface area contributed by atoms with E-state index in [0.29, 0.717) is 5.92 Å². The zero-order chi connectivity index (χ0) is 25.2. The minimum Gasteiger partial charge on any atom is -0.359 e. The summed E-state index contributed by atoms with van der Waals surface area (Å²) in [6, 6.07) is 16.8. The first-order valence-corrected chi connectivity index (χ1v) is 12.8. The smallest absolute Gasteiger partial charge is 0.135 e. The zero-order valence-corrected chi connectivity index (χ0v) is 21.5. The van der Waals surface area contributed by atoms with Crippen LogP contribution in [0.25, 0.3) is 49.3 Å². The van der Waals surface area contributed by atoms with E-state index in [-0.39, 0.29) is 0 Å². The molecule has 4 aromatic heterocycles. The van der Waals surface area contributed by atoms with Crippen molar-refractivity contribution in [3.8, 4) is 21.8 Å². The molecule has 0 spiro atoms. The molecule has 0 atom stereocenters. The first-order valence-electron chi connectivity index (χ1n) is 12.0. The molecular formula is C30H29N5S. The molecule has 5 aromatic rings. The number of hydrogen-bond donors (Lipinski definition) is 3. The number of hydrogen-bond acceptors (Lipinski definition) is 4. The Balaban J connectivity index is 1.56. The summed E-state index contributed by atoms with van der Waals surface area (Å²) < 4.78 is 0. The van der Waals surface area contributed by atoms with Crippen molar-refractivity contribution >= 4 is 38.8 Å². The van der Waals surface area contributed by atoms with Gasteiger partial charge in [-0.25, -0.2) is 4.98 Å². The fraction of sp³-hybridized carbons (Fsp3) is 0.133. The van der Waals surface area contributed by atoms with E-state index in [9.17, 15) is 0 Å². The molecule has 0 bridgehead atoms. The third-order valence-electron chi connectivity index (χ3n) is 6.25. The number of aromatic amines is 2. The Morgan fingerprint density at radius 1 is 1.11 bits per heavy atom. The van der Waals surface area contributed by atoms with Gasteiger partial charge >= 0.3 is 0 Å². The Labute approximate surface area is 215 Å². The van der Waals surface area contributed by atoms with Crippen LogP contribution in [0.2, 0.25) is 0 Å². The molecule has 0 saturated heterocycles. The highest BCUT2D eigenvalue weighted by molar-refractivity contribution is 7.13. The van der Waals surface area contributed by atoms with Crippen molar-refractivity contribution < 1.29 is 0 Å². The van der Waals surface area contributed by atoms with Crippen LogP contribution in [0.5, 0.6) is 0 Å². The van der Waals surface area contributed by atoms with Gasteiger partial charge in [0.1, 0.15) is 11.2 Å². The molecule has 0 amide bonds. The highest BCUT2D eigenvalue weighted by atomic mass is 32.1. The van der Waals surface area contributed by atoms with Gasteiger partial charge < -0.3 is 10.3 Å². The van der Waals surface area contributed by atoms with Gasteiger partial charge in [0.25, 0.3) is 0 Å². The quantitative estimate of drug-likeness (QED) is 0.192. The molecule has 0 saturated carbocycles. The lowest BCUT2D eigenvalue weighted by molar-refractivity contribution is 0.710. The fourth-order valence-electron chi connectivity index (χ4n) is 4.13. The van der Waals surface area contributed by atoms with E-state index >= 15 is 0 Å². The van der Waals surface area contributed by atoms with Gasteiger partial charge in [0.05, 0.1) is 16.9 Å². The van der Waals surface area contributed by atoms with Crippen LogP contribution in [-0.2, 0) is 0 Å². The number of allylic oxidation sites excluding steroid dienone is 5. The fourth-order valence-corrected chi connectivity index (χ4v) is 4.89. The van der Waals surface area contributed by atoms with Gasteiger partial charge in [-0.3, -0.25) is 5.10 Å². The lowest BCUT2D eigenvalue weighted by Gasteiger charge is -2.14. The molecule has 0 aliphatic heterocycles. The lowest BCUT2D eigenvalue weighted by atomic mass is 10.1. The van der Waals surface area contributed by atoms with Crippen LogP contribution in [0.4, 0.5) is 0 Å². The number of thiophene rings is 1. The van der Waals surface area contributed by atoms with E-state index < -0.39 is 0 Å². The summed E-state index contributed by atoms with van der Waals surface area (Å²) in [5.74, 6) is 0.321. The molecule has 5 rings (SSSR count). The Morgan fingerprint density at radius 2 is 1.97 bits per heavy atom. The molecule has 0 fully saturated rings. The van der Waals surface area contributed by atoms with Gasteiger partial charge in [0, 0.05) is 32.7 Å². The molecule has 0 aliphatic rings. The lowest BCUT2D eigenvalue weighted by Crippen LogP contribution is -2.14. The second-order valence-electron chi connectivity index (χ2n) is 8.94. The first kappa shape index (κ1) is 23.6. The Morgan fingerprint density at radius 3 is 2.69 bits per heavy atom. The number of fused-ring (bicyclic) bond motifs is 2. The molecule has 4 heterocycles. The molecule has 5 nitrogen and oxygen atoms in total. The number of H-pyrrole nitrogens is 2. The maximum Gasteiger partial charge on any atom is 0.135 e. The monoisotopic (exact) mass is 491 g/mol. The average Bonchev–Trinajstić information content (AvgIpc) is 3.64. The molecule has 0 radical (unpaired) electrons. The maximum absolute atomic E-state index is 5.02. The number of aromatic nitrogens is 4.